The molecule has 0 spiro atoms. The van der Waals surface area contributed by atoms with Crippen LogP contribution in [0.15, 0.2) is 59.1 Å². The Kier molecular flexibility index (Phi) is 5.19. The molecule has 0 fully saturated rings. The number of rotatable bonds is 5. The second-order valence-corrected chi connectivity index (χ2v) is 6.74. The summed E-state index contributed by atoms with van der Waals surface area (Å²) in [6.07, 6.45) is 0. The van der Waals surface area contributed by atoms with Gasteiger partial charge in [0.15, 0.2) is 0 Å². The van der Waals surface area contributed by atoms with Crippen LogP contribution >= 0.6 is 15.9 Å². The van der Waals surface area contributed by atoms with Gasteiger partial charge >= 0.3 is 0 Å². The third-order valence-corrected chi connectivity index (χ3v) is 4.32. The fourth-order valence-electron chi connectivity index (χ4n) is 2.36. The van der Waals surface area contributed by atoms with Crippen molar-refractivity contribution in [1.82, 2.24) is 9.97 Å². The lowest BCUT2D eigenvalue weighted by Crippen LogP contribution is -2.08. The number of nitrogens with zero attached hydrogens (tertiary/aromatic N) is 3. The van der Waals surface area contributed by atoms with Crippen molar-refractivity contribution in [3.8, 4) is 0 Å². The molecule has 5 nitrogen and oxygen atoms in total. The Morgan fingerprint density at radius 1 is 0.920 bits per heavy atom. The van der Waals surface area contributed by atoms with E-state index in [1.165, 1.54) is 0 Å². The maximum atomic E-state index is 4.56. The van der Waals surface area contributed by atoms with E-state index in [0.717, 1.165) is 33.0 Å². The largest absolute Gasteiger partial charge is 0.378 e. The van der Waals surface area contributed by atoms with Crippen LogP contribution in [-0.4, -0.2) is 24.1 Å². The molecule has 0 bridgehead atoms. The molecule has 3 rings (SSSR count). The van der Waals surface area contributed by atoms with Crippen molar-refractivity contribution in [3.05, 3.63) is 64.8 Å². The minimum absolute atomic E-state index is 0.562. The highest BCUT2D eigenvalue weighted by atomic mass is 79.9. The number of anilines is 5. The summed E-state index contributed by atoms with van der Waals surface area (Å²) in [6, 6.07) is 18.0. The van der Waals surface area contributed by atoms with Crippen LogP contribution in [0.3, 0.4) is 0 Å². The van der Waals surface area contributed by atoms with Crippen molar-refractivity contribution >= 4 is 44.8 Å². The minimum Gasteiger partial charge on any atom is -0.378 e. The average Bonchev–Trinajstić information content (AvgIpc) is 2.57. The molecule has 0 atom stereocenters. The van der Waals surface area contributed by atoms with E-state index in [9.17, 15) is 0 Å². The summed E-state index contributed by atoms with van der Waals surface area (Å²) >= 11 is 3.54. The predicted octanol–water partition coefficient (Wildman–Crippen LogP) is 5.10. The first kappa shape index (κ1) is 17.2. The Hall–Kier alpha value is -2.60. The van der Waals surface area contributed by atoms with E-state index in [2.05, 4.69) is 53.6 Å². The third-order valence-electron chi connectivity index (χ3n) is 3.63. The Morgan fingerprint density at radius 3 is 2.32 bits per heavy atom. The van der Waals surface area contributed by atoms with Gasteiger partial charge in [-0.15, -0.1) is 0 Å². The first-order valence-corrected chi connectivity index (χ1v) is 8.72. The molecular weight excluding hydrogens is 378 g/mol. The van der Waals surface area contributed by atoms with Crippen LogP contribution < -0.4 is 15.5 Å². The van der Waals surface area contributed by atoms with E-state index in [0.29, 0.717) is 5.95 Å². The molecule has 0 amide bonds. The van der Waals surface area contributed by atoms with E-state index >= 15 is 0 Å². The fourth-order valence-corrected chi connectivity index (χ4v) is 2.74. The van der Waals surface area contributed by atoms with Crippen LogP contribution in [0.4, 0.5) is 28.8 Å². The van der Waals surface area contributed by atoms with Crippen molar-refractivity contribution in [2.75, 3.05) is 29.6 Å². The number of aromatic nitrogens is 2. The van der Waals surface area contributed by atoms with Crippen LogP contribution in [0.25, 0.3) is 0 Å². The van der Waals surface area contributed by atoms with Gasteiger partial charge in [-0.1, -0.05) is 12.1 Å². The van der Waals surface area contributed by atoms with Gasteiger partial charge in [0.1, 0.15) is 5.82 Å². The monoisotopic (exact) mass is 397 g/mol. The Morgan fingerprint density at radius 2 is 1.64 bits per heavy atom. The molecule has 0 saturated heterocycles. The number of aryl methyl sites for hydroxylation is 1. The SMILES string of the molecule is Cc1cc(Nc2ccccc2Br)nc(Nc2ccc(N(C)C)cc2)n1. The van der Waals surface area contributed by atoms with Crippen molar-refractivity contribution in [3.63, 3.8) is 0 Å². The maximum absolute atomic E-state index is 4.56. The zero-order valence-corrected chi connectivity index (χ0v) is 16.0. The van der Waals surface area contributed by atoms with Gasteiger partial charge in [-0.25, -0.2) is 4.98 Å². The molecule has 0 unspecified atom stereocenters. The molecule has 1 heterocycles. The van der Waals surface area contributed by atoms with Crippen LogP contribution in [-0.2, 0) is 0 Å². The molecule has 6 heteroatoms. The van der Waals surface area contributed by atoms with E-state index in [4.69, 9.17) is 0 Å². The van der Waals surface area contributed by atoms with Gasteiger partial charge in [-0.2, -0.15) is 4.98 Å². The molecule has 3 aromatic rings. The first-order valence-electron chi connectivity index (χ1n) is 7.93. The smallest absolute Gasteiger partial charge is 0.229 e. The van der Waals surface area contributed by atoms with Crippen LogP contribution in [0, 0.1) is 6.92 Å². The molecule has 1 aromatic heterocycles. The zero-order valence-electron chi connectivity index (χ0n) is 14.4. The molecule has 2 aromatic carbocycles. The Bertz CT molecular complexity index is 862. The van der Waals surface area contributed by atoms with Gasteiger partial charge in [0.2, 0.25) is 5.95 Å². The second kappa shape index (κ2) is 7.53. The van der Waals surface area contributed by atoms with Gasteiger partial charge in [0.25, 0.3) is 0 Å². The lowest BCUT2D eigenvalue weighted by molar-refractivity contribution is 1.10. The molecule has 0 aliphatic rings. The van der Waals surface area contributed by atoms with E-state index in [1.807, 2.05) is 63.5 Å². The molecule has 0 aliphatic carbocycles. The van der Waals surface area contributed by atoms with Crippen LogP contribution in [0.1, 0.15) is 5.69 Å². The number of hydrogen-bond donors (Lipinski definition) is 2. The Labute approximate surface area is 156 Å². The van der Waals surface area contributed by atoms with Gasteiger partial charge < -0.3 is 15.5 Å². The number of nitrogens with one attached hydrogen (secondary N) is 2. The summed E-state index contributed by atoms with van der Waals surface area (Å²) in [6.45, 7) is 1.95. The predicted molar refractivity (Wildman–Crippen MR) is 108 cm³/mol. The van der Waals surface area contributed by atoms with Crippen molar-refractivity contribution in [2.24, 2.45) is 0 Å². The molecular formula is C19H20BrN5. The van der Waals surface area contributed by atoms with Gasteiger partial charge in [0.05, 0.1) is 5.69 Å². The Balaban J connectivity index is 1.80. The summed E-state index contributed by atoms with van der Waals surface area (Å²) in [4.78, 5) is 11.1. The number of halogens is 1. The summed E-state index contributed by atoms with van der Waals surface area (Å²) < 4.78 is 0.986. The average molecular weight is 398 g/mol. The highest BCUT2D eigenvalue weighted by molar-refractivity contribution is 9.10. The van der Waals surface area contributed by atoms with E-state index in [1.54, 1.807) is 0 Å². The molecule has 0 saturated carbocycles. The fraction of sp³-hybridized carbons (Fsp3) is 0.158. The molecule has 128 valence electrons. The van der Waals surface area contributed by atoms with Crippen molar-refractivity contribution < 1.29 is 0 Å². The van der Waals surface area contributed by atoms with E-state index < -0.39 is 0 Å². The number of hydrogen-bond acceptors (Lipinski definition) is 5. The summed E-state index contributed by atoms with van der Waals surface area (Å²) in [5.74, 6) is 1.30. The standard InChI is InChI=1S/C19H20BrN5/c1-13-12-18(23-17-7-5-4-6-16(17)20)24-19(21-13)22-14-8-10-15(11-9-14)25(2)3/h4-12H,1-3H3,(H2,21,22,23,24). The lowest BCUT2D eigenvalue weighted by Gasteiger charge is -2.14. The van der Waals surface area contributed by atoms with Crippen LogP contribution in [0.2, 0.25) is 0 Å². The van der Waals surface area contributed by atoms with Gasteiger partial charge in [-0.05, 0) is 59.3 Å². The molecule has 2 N–H and O–H groups in total. The van der Waals surface area contributed by atoms with Crippen LogP contribution in [0.5, 0.6) is 0 Å². The maximum Gasteiger partial charge on any atom is 0.229 e. The minimum atomic E-state index is 0.562. The normalized spacial score (nSPS) is 10.4. The highest BCUT2D eigenvalue weighted by Gasteiger charge is 2.05. The number of para-hydroxylation sites is 1. The third kappa shape index (κ3) is 4.48. The lowest BCUT2D eigenvalue weighted by atomic mass is 10.2. The molecule has 25 heavy (non-hydrogen) atoms. The molecule has 0 aliphatic heterocycles. The molecule has 0 radical (unpaired) electrons. The van der Waals surface area contributed by atoms with Crippen molar-refractivity contribution in [1.29, 1.82) is 0 Å². The van der Waals surface area contributed by atoms with Crippen molar-refractivity contribution in [2.45, 2.75) is 6.92 Å². The summed E-state index contributed by atoms with van der Waals surface area (Å²) in [5, 5.41) is 6.58. The topological polar surface area (TPSA) is 53.1 Å². The first-order chi connectivity index (χ1) is 12.0. The second-order valence-electron chi connectivity index (χ2n) is 5.89. The quantitative estimate of drug-likeness (QED) is 0.626. The summed E-state index contributed by atoms with van der Waals surface area (Å²) in [7, 11) is 4.04. The van der Waals surface area contributed by atoms with Gasteiger partial charge in [0, 0.05) is 41.7 Å². The van der Waals surface area contributed by atoms with E-state index in [-0.39, 0.29) is 0 Å². The zero-order chi connectivity index (χ0) is 17.8. The van der Waals surface area contributed by atoms with Gasteiger partial charge in [-0.3, -0.25) is 0 Å². The summed E-state index contributed by atoms with van der Waals surface area (Å²) in [5.41, 5.74) is 3.94. The number of benzene rings is 2. The highest BCUT2D eigenvalue weighted by Crippen LogP contribution is 2.26.